The Labute approximate surface area is 166 Å². The molecule has 3 amide bonds. The lowest BCUT2D eigenvalue weighted by molar-refractivity contribution is -0.137. The molecule has 1 aliphatic rings. The van der Waals surface area contributed by atoms with Crippen molar-refractivity contribution < 1.29 is 14.3 Å². The number of hydrogen-bond acceptors (Lipinski definition) is 4. The van der Waals surface area contributed by atoms with E-state index in [4.69, 9.17) is 4.74 Å². The number of anilines is 1. The van der Waals surface area contributed by atoms with Crippen LogP contribution in [0.2, 0.25) is 0 Å². The minimum Gasteiger partial charge on any atom is -0.379 e. The van der Waals surface area contributed by atoms with Crippen molar-refractivity contribution in [2.24, 2.45) is 5.92 Å². The lowest BCUT2D eigenvalue weighted by atomic mass is 9.83. The summed E-state index contributed by atoms with van der Waals surface area (Å²) in [6, 6.07) is 7.39. The molecule has 1 aromatic carbocycles. The van der Waals surface area contributed by atoms with Crippen molar-refractivity contribution in [2.45, 2.75) is 49.6 Å². The molecule has 1 fully saturated rings. The SMILES string of the molecule is CCCN(C)C(=O)[C@H]1CC[C@H](NC(=O)Nc2cccc(SC)c2)[C@@H](OC)C1. The first-order valence-corrected chi connectivity index (χ1v) is 10.7. The van der Waals surface area contributed by atoms with E-state index < -0.39 is 0 Å². The average Bonchev–Trinajstić information content (AvgIpc) is 2.67. The number of carbonyl (C=O) groups is 2. The van der Waals surface area contributed by atoms with Gasteiger partial charge in [0.2, 0.25) is 5.91 Å². The number of thioether (sulfide) groups is 1. The summed E-state index contributed by atoms with van der Waals surface area (Å²) < 4.78 is 5.59. The molecule has 6 nitrogen and oxygen atoms in total. The molecule has 0 aliphatic heterocycles. The summed E-state index contributed by atoms with van der Waals surface area (Å²) >= 11 is 1.63. The van der Waals surface area contributed by atoms with Crippen LogP contribution < -0.4 is 10.6 Å². The third-order valence-electron chi connectivity index (χ3n) is 5.02. The zero-order valence-corrected chi connectivity index (χ0v) is 17.5. The van der Waals surface area contributed by atoms with Crippen molar-refractivity contribution in [3.63, 3.8) is 0 Å². The van der Waals surface area contributed by atoms with Gasteiger partial charge in [-0.2, -0.15) is 0 Å². The molecule has 2 rings (SSSR count). The van der Waals surface area contributed by atoms with Crippen molar-refractivity contribution in [2.75, 3.05) is 32.3 Å². The van der Waals surface area contributed by atoms with Crippen LogP contribution >= 0.6 is 11.8 Å². The standard InChI is InChI=1S/C20H31N3O3S/c1-5-11-23(2)19(24)14-9-10-17(18(12-14)26-3)22-20(25)21-15-7-6-8-16(13-15)27-4/h6-8,13-14,17-18H,5,9-12H2,1-4H3,(H2,21,22,25)/t14-,17-,18-/m0/s1. The summed E-state index contributed by atoms with van der Waals surface area (Å²) in [5, 5.41) is 5.90. The van der Waals surface area contributed by atoms with Gasteiger partial charge in [0.05, 0.1) is 12.1 Å². The van der Waals surface area contributed by atoms with Gasteiger partial charge in [-0.15, -0.1) is 11.8 Å². The van der Waals surface area contributed by atoms with E-state index in [-0.39, 0.29) is 30.0 Å². The minimum absolute atomic E-state index is 0.0362. The van der Waals surface area contributed by atoms with Crippen LogP contribution in [0.4, 0.5) is 10.5 Å². The monoisotopic (exact) mass is 393 g/mol. The predicted molar refractivity (Wildman–Crippen MR) is 110 cm³/mol. The summed E-state index contributed by atoms with van der Waals surface area (Å²) in [5.41, 5.74) is 0.762. The highest BCUT2D eigenvalue weighted by atomic mass is 32.2. The van der Waals surface area contributed by atoms with Crippen molar-refractivity contribution in [1.29, 1.82) is 0 Å². The van der Waals surface area contributed by atoms with E-state index in [1.807, 2.05) is 37.6 Å². The number of benzene rings is 1. The highest BCUT2D eigenvalue weighted by molar-refractivity contribution is 7.98. The Morgan fingerprint density at radius 2 is 2.11 bits per heavy atom. The van der Waals surface area contributed by atoms with Gasteiger partial charge in [-0.05, 0) is 50.1 Å². The fourth-order valence-electron chi connectivity index (χ4n) is 3.57. The van der Waals surface area contributed by atoms with E-state index in [2.05, 4.69) is 17.6 Å². The molecule has 2 N–H and O–H groups in total. The Bertz CT molecular complexity index is 641. The van der Waals surface area contributed by atoms with Crippen LogP contribution in [0.1, 0.15) is 32.6 Å². The maximum atomic E-state index is 12.5. The summed E-state index contributed by atoms with van der Waals surface area (Å²) in [7, 11) is 3.50. The molecule has 1 aromatic rings. The van der Waals surface area contributed by atoms with Gasteiger partial charge in [0.1, 0.15) is 0 Å². The molecule has 3 atom stereocenters. The first kappa shape index (κ1) is 21.6. The highest BCUT2D eigenvalue weighted by Crippen LogP contribution is 2.28. The summed E-state index contributed by atoms with van der Waals surface area (Å²) in [4.78, 5) is 27.8. The first-order chi connectivity index (χ1) is 13.0. The predicted octanol–water partition coefficient (Wildman–Crippen LogP) is 3.58. The number of ether oxygens (including phenoxy) is 1. The molecule has 0 saturated heterocycles. The second kappa shape index (κ2) is 10.6. The zero-order chi connectivity index (χ0) is 19.8. The van der Waals surface area contributed by atoms with Crippen LogP contribution in [0, 0.1) is 5.92 Å². The van der Waals surface area contributed by atoms with Crippen molar-refractivity contribution in [3.8, 4) is 0 Å². The number of rotatable bonds is 7. The lowest BCUT2D eigenvalue weighted by Crippen LogP contribution is -2.51. The molecular formula is C20H31N3O3S. The second-order valence-corrected chi connectivity index (χ2v) is 7.86. The molecule has 0 unspecified atom stereocenters. The van der Waals surface area contributed by atoms with Crippen LogP contribution in [-0.2, 0) is 9.53 Å². The molecule has 1 saturated carbocycles. The van der Waals surface area contributed by atoms with Gasteiger partial charge in [0, 0.05) is 37.2 Å². The van der Waals surface area contributed by atoms with Crippen LogP contribution in [-0.4, -0.2) is 55.9 Å². The lowest BCUT2D eigenvalue weighted by Gasteiger charge is -2.36. The summed E-state index contributed by atoms with van der Waals surface area (Å²) in [6.07, 6.45) is 4.92. The van der Waals surface area contributed by atoms with Gasteiger partial charge in [-0.25, -0.2) is 4.79 Å². The topological polar surface area (TPSA) is 70.7 Å². The van der Waals surface area contributed by atoms with Crippen LogP contribution in [0.15, 0.2) is 29.2 Å². The third-order valence-corrected chi connectivity index (χ3v) is 5.75. The molecule has 0 radical (unpaired) electrons. The maximum Gasteiger partial charge on any atom is 0.319 e. The number of urea groups is 1. The van der Waals surface area contributed by atoms with E-state index in [1.54, 1.807) is 23.8 Å². The molecule has 27 heavy (non-hydrogen) atoms. The number of methoxy groups -OCH3 is 1. The van der Waals surface area contributed by atoms with E-state index in [0.29, 0.717) is 6.42 Å². The quantitative estimate of drug-likeness (QED) is 0.695. The Balaban J connectivity index is 1.91. The average molecular weight is 394 g/mol. The molecule has 7 heteroatoms. The maximum absolute atomic E-state index is 12.5. The van der Waals surface area contributed by atoms with Crippen LogP contribution in [0.3, 0.4) is 0 Å². The van der Waals surface area contributed by atoms with E-state index in [0.717, 1.165) is 36.4 Å². The highest BCUT2D eigenvalue weighted by Gasteiger charge is 2.35. The number of nitrogens with zero attached hydrogens (tertiary/aromatic N) is 1. The van der Waals surface area contributed by atoms with E-state index in [9.17, 15) is 9.59 Å². The number of hydrogen-bond donors (Lipinski definition) is 2. The van der Waals surface area contributed by atoms with Gasteiger partial charge in [-0.3, -0.25) is 4.79 Å². The Morgan fingerprint density at radius 3 is 2.78 bits per heavy atom. The minimum atomic E-state index is -0.242. The zero-order valence-electron chi connectivity index (χ0n) is 16.7. The van der Waals surface area contributed by atoms with Gasteiger partial charge < -0.3 is 20.3 Å². The summed E-state index contributed by atoms with van der Waals surface area (Å²) in [5.74, 6) is 0.140. The molecule has 0 aromatic heterocycles. The molecule has 0 spiro atoms. The normalized spacial score (nSPS) is 22.1. The van der Waals surface area contributed by atoms with Gasteiger partial charge >= 0.3 is 6.03 Å². The van der Waals surface area contributed by atoms with Crippen LogP contribution in [0.25, 0.3) is 0 Å². The Kier molecular flexibility index (Phi) is 8.44. The van der Waals surface area contributed by atoms with Gasteiger partial charge in [0.25, 0.3) is 0 Å². The number of carbonyl (C=O) groups excluding carboxylic acids is 2. The van der Waals surface area contributed by atoms with Gasteiger partial charge in [0.15, 0.2) is 0 Å². The molecular weight excluding hydrogens is 362 g/mol. The largest absolute Gasteiger partial charge is 0.379 e. The molecule has 0 heterocycles. The Hall–Kier alpha value is -1.73. The van der Waals surface area contributed by atoms with Crippen molar-refractivity contribution in [3.05, 3.63) is 24.3 Å². The fraction of sp³-hybridized carbons (Fsp3) is 0.600. The van der Waals surface area contributed by atoms with E-state index >= 15 is 0 Å². The van der Waals surface area contributed by atoms with Crippen molar-refractivity contribution in [1.82, 2.24) is 10.2 Å². The van der Waals surface area contributed by atoms with Crippen LogP contribution in [0.5, 0.6) is 0 Å². The second-order valence-electron chi connectivity index (χ2n) is 6.98. The summed E-state index contributed by atoms with van der Waals surface area (Å²) in [6.45, 7) is 2.84. The Morgan fingerprint density at radius 1 is 1.33 bits per heavy atom. The number of nitrogens with one attached hydrogen (secondary N) is 2. The molecule has 0 bridgehead atoms. The van der Waals surface area contributed by atoms with Gasteiger partial charge in [-0.1, -0.05) is 13.0 Å². The molecule has 150 valence electrons. The first-order valence-electron chi connectivity index (χ1n) is 9.47. The van der Waals surface area contributed by atoms with Crippen molar-refractivity contribution >= 4 is 29.4 Å². The third kappa shape index (κ3) is 6.14. The smallest absolute Gasteiger partial charge is 0.319 e. The molecule has 1 aliphatic carbocycles. The fourth-order valence-corrected chi connectivity index (χ4v) is 4.03. The van der Waals surface area contributed by atoms with E-state index in [1.165, 1.54) is 0 Å². The number of amides is 3.